The van der Waals surface area contributed by atoms with E-state index in [4.69, 9.17) is 0 Å². The maximum Gasteiger partial charge on any atom is 0.294 e. The molecule has 0 saturated heterocycles. The number of ketones is 1. The van der Waals surface area contributed by atoms with Crippen molar-refractivity contribution in [2.75, 3.05) is 4.90 Å². The van der Waals surface area contributed by atoms with E-state index < -0.39 is 17.7 Å². The highest BCUT2D eigenvalue weighted by atomic mass is 79.9. The Hall–Kier alpha value is -2.40. The van der Waals surface area contributed by atoms with Gasteiger partial charge in [0.15, 0.2) is 11.5 Å². The molecular formula is C19H16BrNO3. The van der Waals surface area contributed by atoms with Crippen molar-refractivity contribution in [3.8, 4) is 0 Å². The van der Waals surface area contributed by atoms with Gasteiger partial charge in [0.1, 0.15) is 0 Å². The first-order chi connectivity index (χ1) is 11.4. The fraction of sp³-hybridized carbons (Fsp3) is 0.158. The molecule has 1 N–H and O–H groups in total. The summed E-state index contributed by atoms with van der Waals surface area (Å²) in [5.74, 6) is -1.35. The van der Waals surface area contributed by atoms with E-state index in [-0.39, 0.29) is 11.4 Å². The highest BCUT2D eigenvalue weighted by Gasteiger charge is 2.43. The molecule has 0 radical (unpaired) electrons. The lowest BCUT2D eigenvalue weighted by Crippen LogP contribution is -2.30. The van der Waals surface area contributed by atoms with Crippen LogP contribution in [0.3, 0.4) is 0 Å². The van der Waals surface area contributed by atoms with Gasteiger partial charge >= 0.3 is 0 Å². The van der Waals surface area contributed by atoms with E-state index in [2.05, 4.69) is 15.9 Å². The van der Waals surface area contributed by atoms with Gasteiger partial charge in [0.25, 0.3) is 5.91 Å². The number of amides is 1. The molecule has 0 aromatic heterocycles. The maximum atomic E-state index is 12.6. The smallest absolute Gasteiger partial charge is 0.294 e. The van der Waals surface area contributed by atoms with E-state index in [9.17, 15) is 14.7 Å². The van der Waals surface area contributed by atoms with E-state index >= 15 is 0 Å². The lowest BCUT2D eigenvalue weighted by atomic mass is 9.96. The van der Waals surface area contributed by atoms with Crippen molar-refractivity contribution >= 4 is 33.3 Å². The van der Waals surface area contributed by atoms with Crippen LogP contribution < -0.4 is 4.90 Å². The highest BCUT2D eigenvalue weighted by molar-refractivity contribution is 9.10. The summed E-state index contributed by atoms with van der Waals surface area (Å²) in [6, 6.07) is 14.2. The van der Waals surface area contributed by atoms with Crippen molar-refractivity contribution in [3.05, 3.63) is 75.5 Å². The van der Waals surface area contributed by atoms with Gasteiger partial charge in [-0.25, -0.2) is 0 Å². The molecule has 1 amide bonds. The Morgan fingerprint density at radius 3 is 2.21 bits per heavy atom. The highest BCUT2D eigenvalue weighted by Crippen LogP contribution is 2.41. The molecule has 4 nitrogen and oxygen atoms in total. The van der Waals surface area contributed by atoms with Crippen LogP contribution in [0.15, 0.2) is 64.3 Å². The molecular weight excluding hydrogens is 370 g/mol. The van der Waals surface area contributed by atoms with Crippen LogP contribution in [0.1, 0.15) is 24.1 Å². The third-order valence-electron chi connectivity index (χ3n) is 4.09. The maximum absolute atomic E-state index is 12.6. The SMILES string of the molecule is CC(=O)C1=C(O)C(=O)N(c2ccc(C)cc2)C1c1ccc(Br)cc1. The first-order valence-corrected chi connectivity index (χ1v) is 8.29. The third-order valence-corrected chi connectivity index (χ3v) is 4.61. The summed E-state index contributed by atoms with van der Waals surface area (Å²) < 4.78 is 0.898. The summed E-state index contributed by atoms with van der Waals surface area (Å²) in [5.41, 5.74) is 2.60. The van der Waals surface area contributed by atoms with Crippen molar-refractivity contribution in [1.82, 2.24) is 0 Å². The number of halogens is 1. The van der Waals surface area contributed by atoms with Crippen molar-refractivity contribution in [3.63, 3.8) is 0 Å². The predicted octanol–water partition coefficient (Wildman–Crippen LogP) is 4.25. The van der Waals surface area contributed by atoms with Crippen LogP contribution in [-0.4, -0.2) is 16.8 Å². The number of aliphatic hydroxyl groups excluding tert-OH is 1. The minimum atomic E-state index is -0.634. The van der Waals surface area contributed by atoms with Gasteiger partial charge < -0.3 is 5.11 Å². The molecule has 5 heteroatoms. The van der Waals surface area contributed by atoms with Crippen LogP contribution in [0.25, 0.3) is 0 Å². The Kier molecular flexibility index (Phi) is 4.28. The van der Waals surface area contributed by atoms with E-state index in [0.717, 1.165) is 15.6 Å². The summed E-state index contributed by atoms with van der Waals surface area (Å²) in [7, 11) is 0. The van der Waals surface area contributed by atoms with Crippen LogP contribution in [-0.2, 0) is 9.59 Å². The number of carbonyl (C=O) groups is 2. The molecule has 1 aliphatic heterocycles. The lowest BCUT2D eigenvalue weighted by Gasteiger charge is -2.26. The molecule has 0 saturated carbocycles. The zero-order valence-corrected chi connectivity index (χ0v) is 14.9. The molecule has 1 aliphatic rings. The largest absolute Gasteiger partial charge is 0.503 e. The van der Waals surface area contributed by atoms with Crippen LogP contribution in [0.4, 0.5) is 5.69 Å². The summed E-state index contributed by atoms with van der Waals surface area (Å²) in [5, 5.41) is 10.3. The number of hydrogen-bond donors (Lipinski definition) is 1. The topological polar surface area (TPSA) is 57.6 Å². The van der Waals surface area contributed by atoms with Crippen molar-refractivity contribution < 1.29 is 14.7 Å². The van der Waals surface area contributed by atoms with Crippen LogP contribution >= 0.6 is 15.9 Å². The van der Waals surface area contributed by atoms with Gasteiger partial charge in [-0.1, -0.05) is 45.8 Å². The zero-order chi connectivity index (χ0) is 17.4. The lowest BCUT2D eigenvalue weighted by molar-refractivity contribution is -0.117. The molecule has 24 heavy (non-hydrogen) atoms. The Morgan fingerprint density at radius 1 is 1.08 bits per heavy atom. The molecule has 1 atom stereocenters. The van der Waals surface area contributed by atoms with Crippen LogP contribution in [0, 0.1) is 6.92 Å². The van der Waals surface area contributed by atoms with E-state index in [1.807, 2.05) is 55.5 Å². The van der Waals surface area contributed by atoms with Gasteiger partial charge in [0.05, 0.1) is 11.6 Å². The summed E-state index contributed by atoms with van der Waals surface area (Å²) in [6.45, 7) is 3.32. The van der Waals surface area contributed by atoms with Crippen molar-refractivity contribution in [2.45, 2.75) is 19.9 Å². The second kappa shape index (κ2) is 6.24. The van der Waals surface area contributed by atoms with Crippen LogP contribution in [0.2, 0.25) is 0 Å². The van der Waals surface area contributed by atoms with Gasteiger partial charge in [-0.2, -0.15) is 0 Å². The Bertz CT molecular complexity index is 838. The quantitative estimate of drug-likeness (QED) is 0.858. The second-order valence-electron chi connectivity index (χ2n) is 5.78. The normalized spacial score (nSPS) is 17.5. The number of rotatable bonds is 3. The molecule has 1 unspecified atom stereocenters. The number of carbonyl (C=O) groups excluding carboxylic acids is 2. The minimum Gasteiger partial charge on any atom is -0.503 e. The average Bonchev–Trinajstić information content (AvgIpc) is 2.81. The number of anilines is 1. The zero-order valence-electron chi connectivity index (χ0n) is 13.3. The monoisotopic (exact) mass is 385 g/mol. The van der Waals surface area contributed by atoms with Crippen molar-refractivity contribution in [2.24, 2.45) is 0 Å². The average molecular weight is 386 g/mol. The van der Waals surface area contributed by atoms with E-state index in [0.29, 0.717) is 5.69 Å². The molecule has 0 aliphatic carbocycles. The molecule has 122 valence electrons. The Balaban J connectivity index is 2.16. The number of aliphatic hydroxyl groups is 1. The molecule has 0 bridgehead atoms. The summed E-state index contributed by atoms with van der Waals surface area (Å²) in [6.07, 6.45) is 0. The minimum absolute atomic E-state index is 0.128. The van der Waals surface area contributed by atoms with Gasteiger partial charge in [0.2, 0.25) is 0 Å². The number of hydrogen-bond acceptors (Lipinski definition) is 3. The van der Waals surface area contributed by atoms with E-state index in [1.54, 1.807) is 0 Å². The number of benzene rings is 2. The first kappa shape index (κ1) is 16.5. The fourth-order valence-electron chi connectivity index (χ4n) is 2.90. The van der Waals surface area contributed by atoms with Gasteiger partial charge in [-0.15, -0.1) is 0 Å². The number of nitrogens with zero attached hydrogens (tertiary/aromatic N) is 1. The molecule has 0 spiro atoms. The first-order valence-electron chi connectivity index (χ1n) is 7.50. The molecule has 2 aromatic carbocycles. The summed E-state index contributed by atoms with van der Waals surface area (Å²) in [4.78, 5) is 26.2. The Labute approximate surface area is 148 Å². The van der Waals surface area contributed by atoms with Crippen LogP contribution in [0.5, 0.6) is 0 Å². The van der Waals surface area contributed by atoms with Gasteiger partial charge in [-0.3, -0.25) is 14.5 Å². The number of Topliss-reactive ketones (excluding diaryl/α,β-unsaturated/α-hetero) is 1. The molecule has 1 heterocycles. The predicted molar refractivity (Wildman–Crippen MR) is 95.9 cm³/mol. The van der Waals surface area contributed by atoms with E-state index in [1.165, 1.54) is 11.8 Å². The fourth-order valence-corrected chi connectivity index (χ4v) is 3.16. The molecule has 0 fully saturated rings. The van der Waals surface area contributed by atoms with Gasteiger partial charge in [-0.05, 0) is 43.7 Å². The summed E-state index contributed by atoms with van der Waals surface area (Å²) >= 11 is 3.38. The third kappa shape index (κ3) is 2.76. The molecule has 2 aromatic rings. The van der Waals surface area contributed by atoms with Gasteiger partial charge in [0, 0.05) is 10.2 Å². The number of aryl methyl sites for hydroxylation is 1. The standard InChI is InChI=1S/C19H16BrNO3/c1-11-3-9-15(10-4-11)21-17(13-5-7-14(20)8-6-13)16(12(2)22)18(23)19(21)24/h3-10,17,23H,1-2H3. The Morgan fingerprint density at radius 2 is 1.67 bits per heavy atom. The second-order valence-corrected chi connectivity index (χ2v) is 6.70. The molecule has 3 rings (SSSR count). The van der Waals surface area contributed by atoms with Crippen molar-refractivity contribution in [1.29, 1.82) is 0 Å².